The van der Waals surface area contributed by atoms with E-state index < -0.39 is 11.9 Å². The number of anilines is 1. The molecule has 26 heavy (non-hydrogen) atoms. The van der Waals surface area contributed by atoms with Gasteiger partial charge in [-0.3, -0.25) is 19.3 Å². The molecule has 3 aliphatic rings. The predicted octanol–water partition coefficient (Wildman–Crippen LogP) is 1.22. The van der Waals surface area contributed by atoms with E-state index in [-0.39, 0.29) is 53.3 Å². The molecule has 2 fully saturated rings. The van der Waals surface area contributed by atoms with Crippen molar-refractivity contribution in [2.45, 2.75) is 6.42 Å². The average Bonchev–Trinajstić information content (AvgIpc) is 3.31. The van der Waals surface area contributed by atoms with Crippen LogP contribution in [0.25, 0.3) is 0 Å². The van der Waals surface area contributed by atoms with Gasteiger partial charge in [0.05, 0.1) is 30.2 Å². The largest absolute Gasteiger partial charge is 0.465 e. The third-order valence-electron chi connectivity index (χ3n) is 5.47. The minimum atomic E-state index is -0.577. The number of fused-ring (bicyclic) bond motifs is 5. The van der Waals surface area contributed by atoms with Crippen LogP contribution < -0.4 is 5.32 Å². The molecule has 7 nitrogen and oxygen atoms in total. The number of imide groups is 1. The molecule has 1 aromatic carbocycles. The van der Waals surface area contributed by atoms with Crippen LogP contribution in [0.5, 0.6) is 0 Å². The maximum atomic E-state index is 12.6. The van der Waals surface area contributed by atoms with Gasteiger partial charge in [0.1, 0.15) is 6.54 Å². The van der Waals surface area contributed by atoms with Crippen molar-refractivity contribution in [3.63, 3.8) is 0 Å². The molecule has 1 heterocycles. The summed E-state index contributed by atoms with van der Waals surface area (Å²) in [5, 5.41) is 2.60. The molecule has 0 unspecified atom stereocenters. The number of carbonyl (C=O) groups is 4. The SMILES string of the molecule is COC(=O)c1ccccc1NC(=O)CN1C(=O)[C@@H]2[C@H](C1=O)[C@H]1C=C[C@@H]2C1. The lowest BCUT2D eigenvalue weighted by Gasteiger charge is -2.17. The second-order valence-electron chi connectivity index (χ2n) is 6.85. The molecule has 0 aromatic heterocycles. The molecule has 1 N–H and O–H groups in total. The molecule has 2 bridgehead atoms. The van der Waals surface area contributed by atoms with E-state index >= 15 is 0 Å². The number of para-hydroxylation sites is 1. The molecule has 2 aliphatic carbocycles. The molecule has 1 saturated heterocycles. The highest BCUT2D eigenvalue weighted by atomic mass is 16.5. The van der Waals surface area contributed by atoms with E-state index in [0.717, 1.165) is 11.3 Å². The first-order chi connectivity index (χ1) is 12.5. The number of hydrogen-bond donors (Lipinski definition) is 1. The molecule has 1 aliphatic heterocycles. The lowest BCUT2D eigenvalue weighted by molar-refractivity contribution is -0.143. The topological polar surface area (TPSA) is 92.8 Å². The summed E-state index contributed by atoms with van der Waals surface area (Å²) in [7, 11) is 1.25. The quantitative estimate of drug-likeness (QED) is 0.499. The second kappa shape index (κ2) is 6.09. The van der Waals surface area contributed by atoms with Crippen LogP contribution in [0, 0.1) is 23.7 Å². The number of likely N-dealkylation sites (tertiary alicyclic amines) is 1. The van der Waals surface area contributed by atoms with Crippen molar-refractivity contribution in [1.29, 1.82) is 0 Å². The van der Waals surface area contributed by atoms with Gasteiger partial charge in [0.2, 0.25) is 17.7 Å². The molecule has 3 amide bonds. The van der Waals surface area contributed by atoms with E-state index in [1.165, 1.54) is 13.2 Å². The number of methoxy groups -OCH3 is 1. The van der Waals surface area contributed by atoms with Gasteiger partial charge < -0.3 is 10.1 Å². The molecular weight excluding hydrogens is 336 g/mol. The molecule has 1 aromatic rings. The molecule has 4 atom stereocenters. The summed E-state index contributed by atoms with van der Waals surface area (Å²) in [6, 6.07) is 6.42. The molecule has 0 spiro atoms. The van der Waals surface area contributed by atoms with E-state index in [1.54, 1.807) is 18.2 Å². The van der Waals surface area contributed by atoms with Crippen LogP contribution in [0.15, 0.2) is 36.4 Å². The van der Waals surface area contributed by atoms with Gasteiger partial charge in [-0.1, -0.05) is 24.3 Å². The smallest absolute Gasteiger partial charge is 0.339 e. The number of rotatable bonds is 4. The molecule has 1 saturated carbocycles. The van der Waals surface area contributed by atoms with E-state index in [9.17, 15) is 19.2 Å². The fourth-order valence-electron chi connectivity index (χ4n) is 4.33. The number of esters is 1. The number of hydrogen-bond acceptors (Lipinski definition) is 5. The first-order valence-corrected chi connectivity index (χ1v) is 8.52. The van der Waals surface area contributed by atoms with Crippen molar-refractivity contribution in [2.24, 2.45) is 23.7 Å². The summed E-state index contributed by atoms with van der Waals surface area (Å²) < 4.78 is 4.69. The van der Waals surface area contributed by atoms with Crippen molar-refractivity contribution in [1.82, 2.24) is 4.90 Å². The van der Waals surface area contributed by atoms with Gasteiger partial charge >= 0.3 is 5.97 Å². The van der Waals surface area contributed by atoms with Crippen LogP contribution in [0.1, 0.15) is 16.8 Å². The monoisotopic (exact) mass is 354 g/mol. The Balaban J connectivity index is 1.48. The molecule has 134 valence electrons. The highest BCUT2D eigenvalue weighted by molar-refractivity contribution is 6.10. The van der Waals surface area contributed by atoms with Gasteiger partial charge in [-0.25, -0.2) is 4.79 Å². The number of amides is 3. The maximum absolute atomic E-state index is 12.6. The van der Waals surface area contributed by atoms with Crippen LogP contribution in [-0.2, 0) is 19.1 Å². The molecular formula is C19H18N2O5. The molecule has 7 heteroatoms. The van der Waals surface area contributed by atoms with Gasteiger partial charge in [0, 0.05) is 0 Å². The Morgan fingerprint density at radius 1 is 1.12 bits per heavy atom. The van der Waals surface area contributed by atoms with Crippen LogP contribution in [0.2, 0.25) is 0 Å². The van der Waals surface area contributed by atoms with E-state index in [4.69, 9.17) is 4.74 Å². The summed E-state index contributed by atoms with van der Waals surface area (Å²) in [6.45, 7) is -0.348. The lowest BCUT2D eigenvalue weighted by atomic mass is 9.85. The van der Waals surface area contributed by atoms with Crippen LogP contribution in [0.4, 0.5) is 5.69 Å². The van der Waals surface area contributed by atoms with Crippen molar-refractivity contribution in [2.75, 3.05) is 19.0 Å². The van der Waals surface area contributed by atoms with E-state index in [2.05, 4.69) is 5.32 Å². The number of nitrogens with zero attached hydrogens (tertiary/aromatic N) is 1. The summed E-state index contributed by atoms with van der Waals surface area (Å²) >= 11 is 0. The number of carbonyl (C=O) groups excluding carboxylic acids is 4. The third-order valence-corrected chi connectivity index (χ3v) is 5.47. The minimum Gasteiger partial charge on any atom is -0.465 e. The average molecular weight is 354 g/mol. The highest BCUT2D eigenvalue weighted by Gasteiger charge is 2.59. The Bertz CT molecular complexity index is 816. The number of allylic oxidation sites excluding steroid dienone is 2. The summed E-state index contributed by atoms with van der Waals surface area (Å²) in [6.07, 6.45) is 4.86. The third kappa shape index (κ3) is 2.42. The van der Waals surface area contributed by atoms with Crippen LogP contribution in [-0.4, -0.2) is 42.2 Å². The first-order valence-electron chi connectivity index (χ1n) is 8.52. The Morgan fingerprint density at radius 2 is 1.73 bits per heavy atom. The Kier molecular flexibility index (Phi) is 3.86. The van der Waals surface area contributed by atoms with Gasteiger partial charge in [0.15, 0.2) is 0 Å². The van der Waals surface area contributed by atoms with Crippen molar-refractivity contribution < 1.29 is 23.9 Å². The van der Waals surface area contributed by atoms with Gasteiger partial charge in [-0.2, -0.15) is 0 Å². The second-order valence-corrected chi connectivity index (χ2v) is 6.85. The fraction of sp³-hybridized carbons (Fsp3) is 0.368. The van der Waals surface area contributed by atoms with Crippen LogP contribution in [0.3, 0.4) is 0 Å². The van der Waals surface area contributed by atoms with Crippen LogP contribution >= 0.6 is 0 Å². The van der Waals surface area contributed by atoms with Crippen molar-refractivity contribution in [3.8, 4) is 0 Å². The number of ether oxygens (including phenoxy) is 1. The number of nitrogens with one attached hydrogen (secondary N) is 1. The van der Waals surface area contributed by atoms with Crippen molar-refractivity contribution >= 4 is 29.4 Å². The lowest BCUT2D eigenvalue weighted by Crippen LogP contribution is -2.39. The Hall–Kier alpha value is -2.96. The summed E-state index contributed by atoms with van der Waals surface area (Å²) in [5.74, 6) is -2.08. The zero-order valence-electron chi connectivity index (χ0n) is 14.2. The molecule has 0 radical (unpaired) electrons. The Labute approximate surface area is 150 Å². The maximum Gasteiger partial charge on any atom is 0.339 e. The Morgan fingerprint density at radius 3 is 2.35 bits per heavy atom. The zero-order valence-corrected chi connectivity index (χ0v) is 14.2. The van der Waals surface area contributed by atoms with Crippen molar-refractivity contribution in [3.05, 3.63) is 42.0 Å². The van der Waals surface area contributed by atoms with Gasteiger partial charge in [0.25, 0.3) is 0 Å². The van der Waals surface area contributed by atoms with E-state index in [0.29, 0.717) is 0 Å². The summed E-state index contributed by atoms with van der Waals surface area (Å²) in [5.41, 5.74) is 0.493. The zero-order chi connectivity index (χ0) is 18.4. The fourth-order valence-corrected chi connectivity index (χ4v) is 4.33. The standard InChI is InChI=1S/C19H18N2O5/c1-26-19(25)12-4-2-3-5-13(12)20-14(22)9-21-17(23)15-10-6-7-11(8-10)16(15)18(21)24/h2-7,10-11,15-16H,8-9H2,1H3,(H,20,22)/t10-,11+,15+,16-. The predicted molar refractivity (Wildman–Crippen MR) is 90.8 cm³/mol. The van der Waals surface area contributed by atoms with E-state index in [1.807, 2.05) is 12.2 Å². The van der Waals surface area contributed by atoms with Gasteiger partial charge in [-0.05, 0) is 30.4 Å². The minimum absolute atomic E-state index is 0.106. The van der Waals surface area contributed by atoms with Gasteiger partial charge in [-0.15, -0.1) is 0 Å². The normalized spacial score (nSPS) is 28.4. The first kappa shape index (κ1) is 16.5. The highest BCUT2D eigenvalue weighted by Crippen LogP contribution is 2.52. The molecule has 4 rings (SSSR count). The summed E-state index contributed by atoms with van der Waals surface area (Å²) in [4.78, 5) is 50.5. The number of benzene rings is 1.